The van der Waals surface area contributed by atoms with Gasteiger partial charge in [0.2, 0.25) is 5.91 Å². The zero-order chi connectivity index (χ0) is 18.5. The normalized spacial score (nSPS) is 17.9. The van der Waals surface area contributed by atoms with Crippen LogP contribution in [0.1, 0.15) is 21.6 Å². The van der Waals surface area contributed by atoms with E-state index < -0.39 is 11.9 Å². The summed E-state index contributed by atoms with van der Waals surface area (Å²) >= 11 is 0. The molecule has 1 aromatic heterocycles. The highest BCUT2D eigenvalue weighted by Crippen LogP contribution is 2.14. The second-order valence-corrected chi connectivity index (χ2v) is 6.63. The molecular weight excluding hydrogens is 328 g/mol. The number of aromatic nitrogens is 1. The van der Waals surface area contributed by atoms with Gasteiger partial charge in [-0.3, -0.25) is 19.5 Å². The van der Waals surface area contributed by atoms with Gasteiger partial charge in [-0.25, -0.2) is 0 Å². The van der Waals surface area contributed by atoms with Crippen molar-refractivity contribution in [2.45, 2.75) is 19.4 Å². The van der Waals surface area contributed by atoms with Gasteiger partial charge in [0.05, 0.1) is 5.56 Å². The fourth-order valence-electron chi connectivity index (χ4n) is 3.24. The molecule has 2 N–H and O–H groups in total. The predicted octanol–water partition coefficient (Wildman–Crippen LogP) is 1.24. The lowest BCUT2D eigenvalue weighted by atomic mass is 10.1. The molecule has 0 saturated carbocycles. The first kappa shape index (κ1) is 18.1. The Bertz CT molecular complexity index is 761. The van der Waals surface area contributed by atoms with E-state index in [2.05, 4.69) is 22.0 Å². The van der Waals surface area contributed by atoms with E-state index in [-0.39, 0.29) is 5.91 Å². The Kier molecular flexibility index (Phi) is 5.63. The number of piperazine rings is 1. The zero-order valence-electron chi connectivity index (χ0n) is 15.0. The number of hydrogen-bond donors (Lipinski definition) is 1. The summed E-state index contributed by atoms with van der Waals surface area (Å²) in [6.07, 6.45) is 2.43. The maximum absolute atomic E-state index is 12.7. The Morgan fingerprint density at radius 2 is 1.92 bits per heavy atom. The van der Waals surface area contributed by atoms with Crippen LogP contribution in [0.15, 0.2) is 48.7 Å². The lowest BCUT2D eigenvalue weighted by molar-refractivity contribution is -0.125. The maximum Gasteiger partial charge on any atom is 0.255 e. The number of nitrogens with two attached hydrogens (primary N) is 1. The number of hydrogen-bond acceptors (Lipinski definition) is 4. The quantitative estimate of drug-likeness (QED) is 0.878. The third kappa shape index (κ3) is 4.26. The molecule has 2 aromatic rings. The molecule has 0 aliphatic carbocycles. The molecule has 1 aliphatic heterocycles. The number of primary amides is 1. The average molecular weight is 352 g/mol. The van der Waals surface area contributed by atoms with Gasteiger partial charge in [-0.2, -0.15) is 0 Å². The minimum atomic E-state index is -0.463. The summed E-state index contributed by atoms with van der Waals surface area (Å²) in [5, 5.41) is 0. The second kappa shape index (κ2) is 8.10. The molecule has 1 atom stereocenters. The third-order valence-electron chi connectivity index (χ3n) is 4.80. The van der Waals surface area contributed by atoms with E-state index in [4.69, 9.17) is 5.73 Å². The number of amides is 2. The van der Waals surface area contributed by atoms with Crippen LogP contribution in [-0.4, -0.2) is 58.8 Å². The molecule has 1 saturated heterocycles. The number of rotatable bonds is 5. The van der Waals surface area contributed by atoms with Crippen molar-refractivity contribution in [1.82, 2.24) is 14.8 Å². The monoisotopic (exact) mass is 352 g/mol. The van der Waals surface area contributed by atoms with E-state index in [9.17, 15) is 9.59 Å². The molecule has 2 heterocycles. The molecule has 0 unspecified atom stereocenters. The highest BCUT2D eigenvalue weighted by atomic mass is 16.2. The van der Waals surface area contributed by atoms with Crippen molar-refractivity contribution in [3.63, 3.8) is 0 Å². The van der Waals surface area contributed by atoms with Crippen molar-refractivity contribution >= 4 is 11.8 Å². The minimum Gasteiger partial charge on any atom is -0.368 e. The van der Waals surface area contributed by atoms with Crippen molar-refractivity contribution in [3.8, 4) is 0 Å². The van der Waals surface area contributed by atoms with Crippen LogP contribution in [0.4, 0.5) is 0 Å². The molecule has 136 valence electrons. The van der Waals surface area contributed by atoms with Crippen molar-refractivity contribution in [2.24, 2.45) is 5.73 Å². The predicted molar refractivity (Wildman–Crippen MR) is 99.6 cm³/mol. The topological polar surface area (TPSA) is 79.5 Å². The van der Waals surface area contributed by atoms with Crippen LogP contribution in [0.5, 0.6) is 0 Å². The SMILES string of the molecule is Cc1ccc(C(=O)N2CCN(CCc3ccccc3)[C@@H](C(N)=O)C2)cn1. The van der Waals surface area contributed by atoms with Crippen molar-refractivity contribution in [1.29, 1.82) is 0 Å². The third-order valence-corrected chi connectivity index (χ3v) is 4.80. The number of benzene rings is 1. The van der Waals surface area contributed by atoms with Gasteiger partial charge in [-0.1, -0.05) is 30.3 Å². The summed E-state index contributed by atoms with van der Waals surface area (Å²) in [4.78, 5) is 32.6. The fraction of sp³-hybridized carbons (Fsp3) is 0.350. The Hall–Kier alpha value is -2.73. The number of pyridine rings is 1. The maximum atomic E-state index is 12.7. The molecule has 0 bridgehead atoms. The van der Waals surface area contributed by atoms with Crippen LogP contribution in [0.3, 0.4) is 0 Å². The number of carbonyl (C=O) groups is 2. The Balaban J connectivity index is 1.64. The van der Waals surface area contributed by atoms with Crippen LogP contribution in [-0.2, 0) is 11.2 Å². The van der Waals surface area contributed by atoms with Gasteiger partial charge < -0.3 is 10.6 Å². The van der Waals surface area contributed by atoms with Gasteiger partial charge in [-0.15, -0.1) is 0 Å². The van der Waals surface area contributed by atoms with E-state index in [0.29, 0.717) is 25.2 Å². The van der Waals surface area contributed by atoms with Crippen LogP contribution >= 0.6 is 0 Å². The van der Waals surface area contributed by atoms with Crippen molar-refractivity contribution in [3.05, 3.63) is 65.5 Å². The summed E-state index contributed by atoms with van der Waals surface area (Å²) in [7, 11) is 0. The number of carbonyl (C=O) groups excluding carboxylic acids is 2. The highest BCUT2D eigenvalue weighted by Gasteiger charge is 2.33. The molecular formula is C20H24N4O2. The molecule has 0 spiro atoms. The Labute approximate surface area is 153 Å². The molecule has 26 heavy (non-hydrogen) atoms. The van der Waals surface area contributed by atoms with E-state index >= 15 is 0 Å². The van der Waals surface area contributed by atoms with Gasteiger partial charge in [0.15, 0.2) is 0 Å². The summed E-state index contributed by atoms with van der Waals surface area (Å²) < 4.78 is 0. The van der Waals surface area contributed by atoms with Gasteiger partial charge >= 0.3 is 0 Å². The molecule has 6 nitrogen and oxygen atoms in total. The first-order chi connectivity index (χ1) is 12.5. The van der Waals surface area contributed by atoms with Gasteiger partial charge in [0.25, 0.3) is 5.91 Å². The van der Waals surface area contributed by atoms with Crippen molar-refractivity contribution in [2.75, 3.05) is 26.2 Å². The Morgan fingerprint density at radius 3 is 2.58 bits per heavy atom. The van der Waals surface area contributed by atoms with Crippen LogP contribution < -0.4 is 5.73 Å². The molecule has 3 rings (SSSR count). The molecule has 1 fully saturated rings. The lowest BCUT2D eigenvalue weighted by Crippen LogP contribution is -2.59. The smallest absolute Gasteiger partial charge is 0.255 e. The van der Waals surface area contributed by atoms with Crippen molar-refractivity contribution < 1.29 is 9.59 Å². The summed E-state index contributed by atoms with van der Waals surface area (Å²) in [6.45, 7) is 4.14. The molecule has 0 radical (unpaired) electrons. The first-order valence-corrected chi connectivity index (χ1v) is 8.84. The van der Waals surface area contributed by atoms with E-state index in [0.717, 1.165) is 18.7 Å². The van der Waals surface area contributed by atoms with Crippen LogP contribution in [0, 0.1) is 6.92 Å². The second-order valence-electron chi connectivity index (χ2n) is 6.63. The molecule has 2 amide bonds. The lowest BCUT2D eigenvalue weighted by Gasteiger charge is -2.40. The van der Waals surface area contributed by atoms with E-state index in [1.165, 1.54) is 5.56 Å². The largest absolute Gasteiger partial charge is 0.368 e. The fourth-order valence-corrected chi connectivity index (χ4v) is 3.24. The van der Waals surface area contributed by atoms with E-state index in [1.54, 1.807) is 17.2 Å². The summed E-state index contributed by atoms with van der Waals surface area (Å²) in [5.74, 6) is -0.496. The average Bonchev–Trinajstić information content (AvgIpc) is 2.67. The van der Waals surface area contributed by atoms with E-state index in [1.807, 2.05) is 31.2 Å². The molecule has 1 aliphatic rings. The molecule has 1 aromatic carbocycles. The standard InChI is InChI=1S/C20H24N4O2/c1-15-7-8-17(13-22-15)20(26)24-12-11-23(18(14-24)19(21)25)10-9-16-5-3-2-4-6-16/h2-8,13,18H,9-12,14H2,1H3,(H2,21,25)/t18-/m1/s1. The zero-order valence-corrected chi connectivity index (χ0v) is 15.0. The van der Waals surface area contributed by atoms with Gasteiger partial charge in [0, 0.05) is 38.1 Å². The van der Waals surface area contributed by atoms with Gasteiger partial charge in [-0.05, 0) is 31.0 Å². The van der Waals surface area contributed by atoms with Crippen LogP contribution in [0.2, 0.25) is 0 Å². The summed E-state index contributed by atoms with van der Waals surface area (Å²) in [5.41, 5.74) is 8.24. The first-order valence-electron chi connectivity index (χ1n) is 8.84. The van der Waals surface area contributed by atoms with Gasteiger partial charge in [0.1, 0.15) is 6.04 Å². The van der Waals surface area contributed by atoms with Crippen LogP contribution in [0.25, 0.3) is 0 Å². The number of nitrogens with zero attached hydrogens (tertiary/aromatic N) is 3. The number of aryl methyl sites for hydroxylation is 1. The highest BCUT2D eigenvalue weighted by molar-refractivity contribution is 5.94. The minimum absolute atomic E-state index is 0.105. The summed E-state index contributed by atoms with van der Waals surface area (Å²) in [6, 6.07) is 13.3. The Morgan fingerprint density at radius 1 is 1.15 bits per heavy atom. The molecule has 6 heteroatoms.